The van der Waals surface area contributed by atoms with Crippen molar-refractivity contribution in [2.75, 3.05) is 7.11 Å². The lowest BCUT2D eigenvalue weighted by Crippen LogP contribution is -2.24. The number of aryl methyl sites for hydroxylation is 1. The van der Waals surface area contributed by atoms with Crippen LogP contribution in [0.4, 0.5) is 0 Å². The quantitative estimate of drug-likeness (QED) is 0.883. The van der Waals surface area contributed by atoms with Gasteiger partial charge >= 0.3 is 5.97 Å². The lowest BCUT2D eigenvalue weighted by atomic mass is 10.0. The summed E-state index contributed by atoms with van der Waals surface area (Å²) < 4.78 is 5.59. The van der Waals surface area contributed by atoms with Gasteiger partial charge in [-0.05, 0) is 19.8 Å². The first kappa shape index (κ1) is 11.5. The maximum Gasteiger partial charge on any atom is 0.355 e. The minimum Gasteiger partial charge on any atom is -0.476 e. The minimum absolute atomic E-state index is 0.170. The van der Waals surface area contributed by atoms with Gasteiger partial charge in [0.05, 0.1) is 0 Å². The van der Waals surface area contributed by atoms with E-state index in [-0.39, 0.29) is 11.3 Å². The van der Waals surface area contributed by atoms with E-state index in [4.69, 9.17) is 9.84 Å². The Morgan fingerprint density at radius 1 is 1.50 bits per heavy atom. The molecule has 0 aromatic carbocycles. The van der Waals surface area contributed by atoms with Crippen LogP contribution in [0.5, 0.6) is 0 Å². The maximum atomic E-state index is 10.9. The molecule has 1 aliphatic carbocycles. The number of carboxylic acids is 1. The molecule has 0 bridgehead atoms. The summed E-state index contributed by atoms with van der Waals surface area (Å²) in [6, 6.07) is 0. The first-order valence-corrected chi connectivity index (χ1v) is 6.17. The Labute approximate surface area is 98.3 Å². The van der Waals surface area contributed by atoms with E-state index in [9.17, 15) is 4.79 Å². The van der Waals surface area contributed by atoms with Crippen LogP contribution >= 0.6 is 11.3 Å². The molecule has 2 rings (SSSR count). The van der Waals surface area contributed by atoms with Crippen LogP contribution in [0.1, 0.15) is 46.1 Å². The third-order valence-corrected chi connectivity index (χ3v) is 4.35. The first-order valence-electron chi connectivity index (χ1n) is 5.35. The molecule has 1 saturated carbocycles. The van der Waals surface area contributed by atoms with E-state index in [0.717, 1.165) is 35.6 Å². The average Bonchev–Trinajstić information content (AvgIpc) is 2.84. The summed E-state index contributed by atoms with van der Waals surface area (Å²) >= 11 is 1.45. The van der Waals surface area contributed by atoms with Gasteiger partial charge in [-0.25, -0.2) is 9.78 Å². The highest BCUT2D eigenvalue weighted by molar-refractivity contribution is 7.12. The molecule has 1 aliphatic rings. The molecule has 16 heavy (non-hydrogen) atoms. The highest BCUT2D eigenvalue weighted by atomic mass is 32.1. The fraction of sp³-hybridized carbons (Fsp3) is 0.636. The van der Waals surface area contributed by atoms with Crippen LogP contribution in [-0.2, 0) is 10.3 Å². The number of carbonyl (C=O) groups is 1. The van der Waals surface area contributed by atoms with Gasteiger partial charge in [0.25, 0.3) is 0 Å². The summed E-state index contributed by atoms with van der Waals surface area (Å²) in [5, 5.41) is 9.80. The number of hydrogen-bond donors (Lipinski definition) is 1. The Morgan fingerprint density at radius 3 is 2.56 bits per heavy atom. The van der Waals surface area contributed by atoms with Crippen molar-refractivity contribution in [2.24, 2.45) is 0 Å². The zero-order valence-electron chi connectivity index (χ0n) is 9.45. The van der Waals surface area contributed by atoms with Crippen LogP contribution in [0.2, 0.25) is 0 Å². The van der Waals surface area contributed by atoms with Gasteiger partial charge in [0.2, 0.25) is 0 Å². The van der Waals surface area contributed by atoms with Crippen molar-refractivity contribution >= 4 is 17.3 Å². The van der Waals surface area contributed by atoms with Gasteiger partial charge in [0, 0.05) is 12.0 Å². The molecule has 1 fully saturated rings. The number of hydrogen-bond acceptors (Lipinski definition) is 4. The fourth-order valence-corrected chi connectivity index (χ4v) is 3.37. The van der Waals surface area contributed by atoms with Crippen LogP contribution in [-0.4, -0.2) is 23.2 Å². The van der Waals surface area contributed by atoms with Crippen molar-refractivity contribution in [1.82, 2.24) is 4.98 Å². The van der Waals surface area contributed by atoms with Crippen LogP contribution in [0.15, 0.2) is 0 Å². The maximum absolute atomic E-state index is 10.9. The van der Waals surface area contributed by atoms with Gasteiger partial charge in [0.15, 0.2) is 5.69 Å². The molecule has 0 amide bonds. The summed E-state index contributed by atoms with van der Waals surface area (Å²) in [5.41, 5.74) is -0.160. The molecule has 4 nitrogen and oxygen atoms in total. The van der Waals surface area contributed by atoms with Crippen molar-refractivity contribution < 1.29 is 14.6 Å². The number of thiazole rings is 1. The van der Waals surface area contributed by atoms with E-state index in [2.05, 4.69) is 4.98 Å². The van der Waals surface area contributed by atoms with Crippen molar-refractivity contribution in [3.8, 4) is 0 Å². The van der Waals surface area contributed by atoms with Crippen LogP contribution < -0.4 is 0 Å². The molecular weight excluding hydrogens is 226 g/mol. The number of aromatic nitrogens is 1. The van der Waals surface area contributed by atoms with Gasteiger partial charge in [-0.2, -0.15) is 0 Å². The SMILES string of the molecule is COC1(c2nc(C(=O)O)c(C)s2)CCCC1. The predicted molar refractivity (Wildman–Crippen MR) is 61.0 cm³/mol. The van der Waals surface area contributed by atoms with Crippen molar-refractivity contribution in [3.63, 3.8) is 0 Å². The smallest absolute Gasteiger partial charge is 0.355 e. The van der Waals surface area contributed by atoms with Gasteiger partial charge in [-0.1, -0.05) is 12.8 Å². The second kappa shape index (κ2) is 4.14. The van der Waals surface area contributed by atoms with E-state index in [1.807, 2.05) is 0 Å². The number of ether oxygens (including phenoxy) is 1. The zero-order valence-corrected chi connectivity index (χ0v) is 10.3. The molecule has 1 heterocycles. The molecule has 1 aromatic heterocycles. The molecule has 88 valence electrons. The summed E-state index contributed by atoms with van der Waals surface area (Å²) in [6.45, 7) is 1.79. The Kier molecular flexibility index (Phi) is 2.99. The van der Waals surface area contributed by atoms with E-state index in [1.54, 1.807) is 14.0 Å². The summed E-state index contributed by atoms with van der Waals surface area (Å²) in [7, 11) is 1.68. The van der Waals surface area contributed by atoms with Gasteiger partial charge < -0.3 is 9.84 Å². The lowest BCUT2D eigenvalue weighted by Gasteiger charge is -2.24. The largest absolute Gasteiger partial charge is 0.476 e. The Hall–Kier alpha value is -0.940. The van der Waals surface area contributed by atoms with Gasteiger partial charge in [-0.15, -0.1) is 11.3 Å². The molecule has 0 spiro atoms. The number of nitrogens with zero attached hydrogens (tertiary/aromatic N) is 1. The summed E-state index contributed by atoms with van der Waals surface area (Å²) in [5.74, 6) is -0.954. The molecule has 1 N–H and O–H groups in total. The monoisotopic (exact) mass is 241 g/mol. The fourth-order valence-electron chi connectivity index (χ4n) is 2.24. The molecule has 0 saturated heterocycles. The van der Waals surface area contributed by atoms with Gasteiger partial charge in [-0.3, -0.25) is 0 Å². The van der Waals surface area contributed by atoms with Crippen LogP contribution in [0.25, 0.3) is 0 Å². The first-order chi connectivity index (χ1) is 7.59. The highest BCUT2D eigenvalue weighted by Crippen LogP contribution is 2.43. The average molecular weight is 241 g/mol. The molecule has 0 atom stereocenters. The molecular formula is C11H15NO3S. The second-order valence-corrected chi connectivity index (χ2v) is 5.34. The van der Waals surface area contributed by atoms with Crippen LogP contribution in [0, 0.1) is 6.92 Å². The highest BCUT2D eigenvalue weighted by Gasteiger charge is 2.39. The number of rotatable bonds is 3. The second-order valence-electron chi connectivity index (χ2n) is 4.13. The van der Waals surface area contributed by atoms with Crippen molar-refractivity contribution in [3.05, 3.63) is 15.6 Å². The third kappa shape index (κ3) is 1.74. The number of carboxylic acid groups (broad SMARTS) is 1. The van der Waals surface area contributed by atoms with E-state index in [1.165, 1.54) is 11.3 Å². The summed E-state index contributed by atoms with van der Waals surface area (Å²) in [4.78, 5) is 15.9. The topological polar surface area (TPSA) is 59.4 Å². The zero-order chi connectivity index (χ0) is 11.8. The van der Waals surface area contributed by atoms with Crippen LogP contribution in [0.3, 0.4) is 0 Å². The Morgan fingerprint density at radius 2 is 2.12 bits per heavy atom. The minimum atomic E-state index is -0.954. The molecule has 1 aromatic rings. The standard InChI is InChI=1S/C11H15NO3S/c1-7-8(9(13)14)12-10(16-7)11(15-2)5-3-4-6-11/h3-6H2,1-2H3,(H,13,14). The Bertz CT molecular complexity index is 407. The molecule has 0 unspecified atom stereocenters. The number of aromatic carboxylic acids is 1. The summed E-state index contributed by atoms with van der Waals surface area (Å²) in [6.07, 6.45) is 4.12. The van der Waals surface area contributed by atoms with Crippen molar-refractivity contribution in [2.45, 2.75) is 38.2 Å². The predicted octanol–water partition coefficient (Wildman–Crippen LogP) is 2.57. The molecule has 5 heteroatoms. The number of methoxy groups -OCH3 is 1. The third-order valence-electron chi connectivity index (χ3n) is 3.19. The van der Waals surface area contributed by atoms with Gasteiger partial charge in [0.1, 0.15) is 10.6 Å². The van der Waals surface area contributed by atoms with E-state index < -0.39 is 5.97 Å². The van der Waals surface area contributed by atoms with E-state index in [0.29, 0.717) is 0 Å². The lowest BCUT2D eigenvalue weighted by molar-refractivity contribution is -0.00897. The van der Waals surface area contributed by atoms with E-state index >= 15 is 0 Å². The Balaban J connectivity index is 2.39. The molecule has 0 aliphatic heterocycles. The normalized spacial score (nSPS) is 18.9. The molecule has 0 radical (unpaired) electrons. The van der Waals surface area contributed by atoms with Crippen molar-refractivity contribution in [1.29, 1.82) is 0 Å².